The highest BCUT2D eigenvalue weighted by molar-refractivity contribution is 9.11. The Morgan fingerprint density at radius 3 is 0.577 bits per heavy atom. The molecule has 0 fully saturated rings. The van der Waals surface area contributed by atoms with Crippen molar-refractivity contribution < 1.29 is 14.4 Å². The maximum absolute atomic E-state index is 14.2. The lowest BCUT2D eigenvalue weighted by Crippen LogP contribution is -2.15. The van der Waals surface area contributed by atoms with Crippen LogP contribution in [0.5, 0.6) is 0 Å². The van der Waals surface area contributed by atoms with E-state index in [4.69, 9.17) is 0 Å². The van der Waals surface area contributed by atoms with Crippen molar-refractivity contribution in [3.8, 4) is 35.5 Å². The maximum atomic E-state index is 14.2. The number of rotatable bonds is 6. The molecule has 0 bridgehead atoms. The van der Waals surface area contributed by atoms with Gasteiger partial charge in [0.25, 0.3) is 0 Å². The van der Waals surface area contributed by atoms with E-state index in [2.05, 4.69) is 230 Å². The van der Waals surface area contributed by atoms with Crippen molar-refractivity contribution in [3.63, 3.8) is 0 Å². The summed E-state index contributed by atoms with van der Waals surface area (Å²) in [7, 11) is 0. The molecular weight excluding hydrogens is 1360 g/mol. The van der Waals surface area contributed by atoms with Crippen molar-refractivity contribution in [2.75, 3.05) is 0 Å². The van der Waals surface area contributed by atoms with Crippen LogP contribution in [0.2, 0.25) is 0 Å². The van der Waals surface area contributed by atoms with Gasteiger partial charge in [0.05, 0.1) is 16.7 Å². The van der Waals surface area contributed by atoms with Gasteiger partial charge in [0.15, 0.2) is 17.3 Å². The van der Waals surface area contributed by atoms with E-state index >= 15 is 0 Å². The van der Waals surface area contributed by atoms with E-state index in [0.29, 0.717) is 93.6 Å². The molecule has 7 aromatic carbocycles. The summed E-state index contributed by atoms with van der Waals surface area (Å²) in [6.45, 7) is 31.5. The zero-order valence-corrected chi connectivity index (χ0v) is 56.2. The van der Waals surface area contributed by atoms with Crippen LogP contribution in [-0.2, 0) is 16.2 Å². The van der Waals surface area contributed by atoms with Crippen molar-refractivity contribution in [2.24, 2.45) is 0 Å². The average Bonchev–Trinajstić information content (AvgIpc) is 3.30. The SMILES string of the molecule is Cc1cc(C(C)(C)C)cc(C)c1C(=O)c1c(Br)cc(C#Cc2cc(C#Cc3cc(Br)c(C(=O)c4c(C)cc(C(C)(C)C)cc4C)c(Br)c3)cc(C#Cc3cc(Br)c(C(=O)c4c(C)cc(C(C)(C)C)cc4C)c(Br)c3)c2)cc1Br. The minimum absolute atomic E-state index is 0.0515. The molecule has 78 heavy (non-hydrogen) atoms. The number of aryl methyl sites for hydroxylation is 6. The Morgan fingerprint density at radius 1 is 0.269 bits per heavy atom. The Kier molecular flexibility index (Phi) is 18.4. The van der Waals surface area contributed by atoms with Crippen LogP contribution in [0, 0.1) is 77.1 Å². The fraction of sp³-hybridized carbons (Fsp3) is 0.261. The second kappa shape index (κ2) is 23.7. The molecule has 0 N–H and O–H groups in total. The molecule has 0 heterocycles. The number of carbonyl (C=O) groups excluding carboxylic acids is 3. The van der Waals surface area contributed by atoms with Crippen molar-refractivity contribution in [1.29, 1.82) is 0 Å². The van der Waals surface area contributed by atoms with E-state index in [9.17, 15) is 14.4 Å². The smallest absolute Gasteiger partial charge is 0.195 e. The van der Waals surface area contributed by atoms with Gasteiger partial charge in [-0.2, -0.15) is 0 Å². The van der Waals surface area contributed by atoms with Crippen LogP contribution in [0.15, 0.2) is 118 Å². The molecule has 9 heteroatoms. The van der Waals surface area contributed by atoms with E-state index in [1.165, 1.54) is 16.7 Å². The van der Waals surface area contributed by atoms with E-state index in [0.717, 1.165) is 33.4 Å². The van der Waals surface area contributed by atoms with Crippen molar-refractivity contribution in [1.82, 2.24) is 0 Å². The normalized spacial score (nSPS) is 11.5. The Morgan fingerprint density at radius 2 is 0.423 bits per heavy atom. The quantitative estimate of drug-likeness (QED) is 0.123. The number of hydrogen-bond acceptors (Lipinski definition) is 3. The fourth-order valence-corrected chi connectivity index (χ4v) is 14.1. The summed E-state index contributed by atoms with van der Waals surface area (Å²) in [4.78, 5) is 42.7. The number of halogens is 6. The topological polar surface area (TPSA) is 51.2 Å². The molecule has 3 nitrogen and oxygen atoms in total. The molecule has 0 aromatic heterocycles. The van der Waals surface area contributed by atoms with Gasteiger partial charge in [0, 0.05) is 76.9 Å². The summed E-state index contributed by atoms with van der Waals surface area (Å²) >= 11 is 22.3. The third-order valence-corrected chi connectivity index (χ3v) is 17.4. The highest BCUT2D eigenvalue weighted by atomic mass is 79.9. The average molecular weight is 1420 g/mol. The zero-order chi connectivity index (χ0) is 57.7. The Bertz CT molecular complexity index is 3340. The molecule has 396 valence electrons. The van der Waals surface area contributed by atoms with Crippen LogP contribution in [0.3, 0.4) is 0 Å². The van der Waals surface area contributed by atoms with Gasteiger partial charge in [-0.15, -0.1) is 0 Å². The summed E-state index contributed by atoms with van der Waals surface area (Å²) in [6, 6.07) is 29.6. The van der Waals surface area contributed by atoms with Crippen LogP contribution in [0.4, 0.5) is 0 Å². The van der Waals surface area contributed by atoms with Gasteiger partial charge in [-0.3, -0.25) is 14.4 Å². The molecule has 0 aliphatic carbocycles. The lowest BCUT2D eigenvalue weighted by atomic mass is 9.82. The third-order valence-electron chi connectivity index (χ3n) is 13.7. The standard InChI is InChI=1S/C69H60Br6O3/c1-37-22-49(67(7,8)9)23-38(2)58(37)64(76)61-52(70)31-46(32-53(61)71)19-16-43-28-44(17-20-47-33-54(72)62(55(73)34-47)65(77)59-39(3)24-50(25-40(59)4)68(10,11)12)30-45(29-43)18-21-48-35-56(74)63(57(75)36-48)66(78)60-41(5)26-51(27-42(60)6)69(13,14)15/h22-36H,1-15H3. The molecule has 0 atom stereocenters. The van der Waals surface area contributed by atoms with Crippen molar-refractivity contribution in [2.45, 2.75) is 120 Å². The van der Waals surface area contributed by atoms with Crippen LogP contribution in [-0.4, -0.2) is 17.3 Å². The minimum Gasteiger partial charge on any atom is -0.289 e. The van der Waals surface area contributed by atoms with Gasteiger partial charge in [-0.1, -0.05) is 134 Å². The van der Waals surface area contributed by atoms with E-state index in [1.54, 1.807) is 0 Å². The van der Waals surface area contributed by atoms with Crippen molar-refractivity contribution in [3.05, 3.63) is 235 Å². The predicted octanol–water partition coefficient (Wildman–Crippen LogP) is 19.9. The molecule has 7 aromatic rings. The van der Waals surface area contributed by atoms with Gasteiger partial charge >= 0.3 is 0 Å². The molecule has 0 amide bonds. The van der Waals surface area contributed by atoms with Crippen LogP contribution in [0.1, 0.15) is 194 Å². The summed E-state index contributed by atoms with van der Waals surface area (Å²) < 4.78 is 3.74. The van der Waals surface area contributed by atoms with Crippen LogP contribution >= 0.6 is 95.6 Å². The van der Waals surface area contributed by atoms with E-state index in [1.807, 2.05) is 96.1 Å². The molecule has 0 saturated heterocycles. The highest BCUT2D eigenvalue weighted by Crippen LogP contribution is 2.37. The van der Waals surface area contributed by atoms with Gasteiger partial charge < -0.3 is 0 Å². The fourth-order valence-electron chi connectivity index (χ4n) is 9.50. The van der Waals surface area contributed by atoms with Gasteiger partial charge in [-0.05, 0) is 258 Å². The maximum Gasteiger partial charge on any atom is 0.195 e. The first kappa shape index (κ1) is 60.7. The lowest BCUT2D eigenvalue weighted by Gasteiger charge is -2.22. The number of hydrogen-bond donors (Lipinski definition) is 0. The van der Waals surface area contributed by atoms with Crippen LogP contribution < -0.4 is 0 Å². The van der Waals surface area contributed by atoms with Crippen molar-refractivity contribution >= 4 is 113 Å². The second-order valence-electron chi connectivity index (χ2n) is 23.2. The number of ketones is 3. The molecule has 0 radical (unpaired) electrons. The second-order valence-corrected chi connectivity index (χ2v) is 28.3. The number of benzene rings is 7. The summed E-state index contributed by atoms with van der Waals surface area (Å²) in [5, 5.41) is 0. The monoisotopic (exact) mass is 1410 g/mol. The molecular formula is C69H60Br6O3. The zero-order valence-electron chi connectivity index (χ0n) is 46.7. The Balaban J connectivity index is 1.27. The first-order valence-corrected chi connectivity index (χ1v) is 30.2. The largest absolute Gasteiger partial charge is 0.289 e. The van der Waals surface area contributed by atoms with Gasteiger partial charge in [0.2, 0.25) is 0 Å². The lowest BCUT2D eigenvalue weighted by molar-refractivity contribution is 0.102. The minimum atomic E-state index is -0.0778. The third kappa shape index (κ3) is 13.6. The molecule has 7 rings (SSSR count). The number of carbonyl (C=O) groups is 3. The summed E-state index contributed by atoms with van der Waals surface area (Å²) in [6.07, 6.45) is 0. The molecule has 0 unspecified atom stereocenters. The summed E-state index contributed by atoms with van der Waals surface area (Å²) in [5.41, 5.74) is 16.7. The van der Waals surface area contributed by atoms with Crippen LogP contribution in [0.25, 0.3) is 0 Å². The molecule has 0 saturated carbocycles. The van der Waals surface area contributed by atoms with Gasteiger partial charge in [-0.25, -0.2) is 0 Å². The predicted molar refractivity (Wildman–Crippen MR) is 344 cm³/mol. The first-order chi connectivity index (χ1) is 36.2. The Hall–Kier alpha value is -4.89. The van der Waals surface area contributed by atoms with E-state index in [-0.39, 0.29) is 33.6 Å². The summed E-state index contributed by atoms with van der Waals surface area (Å²) in [5.74, 6) is 19.7. The first-order valence-electron chi connectivity index (χ1n) is 25.4. The Labute approximate surface area is 512 Å². The van der Waals surface area contributed by atoms with E-state index < -0.39 is 0 Å². The highest BCUT2D eigenvalue weighted by Gasteiger charge is 2.27. The molecule has 0 aliphatic heterocycles. The molecule has 0 aliphatic rings. The molecule has 0 spiro atoms. The van der Waals surface area contributed by atoms with Gasteiger partial charge in [0.1, 0.15) is 0 Å².